The van der Waals surface area contributed by atoms with Crippen molar-refractivity contribution in [3.05, 3.63) is 0 Å². The zero-order chi connectivity index (χ0) is 12.5. The predicted molar refractivity (Wildman–Crippen MR) is 71.4 cm³/mol. The van der Waals surface area contributed by atoms with Gasteiger partial charge in [0.2, 0.25) is 10.0 Å². The van der Waals surface area contributed by atoms with Crippen molar-refractivity contribution >= 4 is 27.2 Å². The first-order valence-electron chi connectivity index (χ1n) is 5.99. The van der Waals surface area contributed by atoms with Gasteiger partial charge in [-0.25, -0.2) is 8.42 Å². The van der Waals surface area contributed by atoms with Gasteiger partial charge in [0.1, 0.15) is 5.75 Å². The van der Waals surface area contributed by atoms with Crippen LogP contribution < -0.4 is 5.73 Å². The van der Waals surface area contributed by atoms with E-state index in [9.17, 15) is 8.42 Å². The number of likely N-dealkylation sites (tertiary alicyclic amines) is 1. The molecule has 2 rings (SSSR count). The number of nitrogens with zero attached hydrogens (tertiary/aromatic N) is 2. The molecule has 17 heavy (non-hydrogen) atoms. The fraction of sp³-hybridized carbons (Fsp3) is 0.900. The Bertz CT molecular complexity index is 390. The molecule has 2 N–H and O–H groups in total. The van der Waals surface area contributed by atoms with Crippen molar-refractivity contribution in [3.8, 4) is 0 Å². The minimum Gasteiger partial charge on any atom is -0.392 e. The maximum absolute atomic E-state index is 11.9. The van der Waals surface area contributed by atoms with Crippen LogP contribution in [0.2, 0.25) is 0 Å². The first-order chi connectivity index (χ1) is 7.99. The second-order valence-corrected chi connectivity index (χ2v) is 7.26. The number of hydrogen-bond acceptors (Lipinski definition) is 4. The monoisotopic (exact) mass is 277 g/mol. The molecule has 0 aromatic heterocycles. The fourth-order valence-corrected chi connectivity index (χ4v) is 4.41. The number of rotatable bonds is 4. The van der Waals surface area contributed by atoms with E-state index in [0.29, 0.717) is 19.1 Å². The van der Waals surface area contributed by atoms with Crippen molar-refractivity contribution in [2.45, 2.75) is 25.3 Å². The lowest BCUT2D eigenvalue weighted by Crippen LogP contribution is -2.39. The van der Waals surface area contributed by atoms with Gasteiger partial charge >= 0.3 is 0 Å². The lowest BCUT2D eigenvalue weighted by Gasteiger charge is -2.23. The first-order valence-corrected chi connectivity index (χ1v) is 8.01. The standard InChI is InChI=1S/C10H19N3O2S2/c11-10(16)8-17(14,15)13-6-3-9(7-13)12-4-1-2-5-12/h9H,1-8H2,(H2,11,16). The summed E-state index contributed by atoms with van der Waals surface area (Å²) in [7, 11) is -3.28. The van der Waals surface area contributed by atoms with Crippen LogP contribution in [0.3, 0.4) is 0 Å². The summed E-state index contributed by atoms with van der Waals surface area (Å²) < 4.78 is 25.4. The molecule has 1 atom stereocenters. The molecular weight excluding hydrogens is 258 g/mol. The van der Waals surface area contributed by atoms with Crippen molar-refractivity contribution < 1.29 is 8.42 Å². The molecule has 0 radical (unpaired) electrons. The second-order valence-electron chi connectivity index (χ2n) is 4.77. The summed E-state index contributed by atoms with van der Waals surface area (Å²) in [6.45, 7) is 3.42. The quantitative estimate of drug-likeness (QED) is 0.719. The maximum Gasteiger partial charge on any atom is 0.220 e. The van der Waals surface area contributed by atoms with Crippen LogP contribution in [0, 0.1) is 0 Å². The molecular formula is C10H19N3O2S2. The van der Waals surface area contributed by atoms with Crippen molar-refractivity contribution in [1.82, 2.24) is 9.21 Å². The van der Waals surface area contributed by atoms with E-state index in [1.807, 2.05) is 0 Å². The third-order valence-electron chi connectivity index (χ3n) is 3.50. The number of hydrogen-bond donors (Lipinski definition) is 1. The molecule has 98 valence electrons. The third kappa shape index (κ3) is 3.15. The molecule has 0 aromatic rings. The third-order valence-corrected chi connectivity index (χ3v) is 5.62. The van der Waals surface area contributed by atoms with Gasteiger partial charge in [0, 0.05) is 19.1 Å². The van der Waals surface area contributed by atoms with E-state index in [1.165, 1.54) is 17.1 Å². The lowest BCUT2D eigenvalue weighted by molar-refractivity contribution is 0.251. The molecule has 5 nitrogen and oxygen atoms in total. The SMILES string of the molecule is NC(=S)CS(=O)(=O)N1CCC(N2CCCC2)C1. The Balaban J connectivity index is 1.95. The van der Waals surface area contributed by atoms with Crippen LogP contribution >= 0.6 is 12.2 Å². The summed E-state index contributed by atoms with van der Waals surface area (Å²) in [4.78, 5) is 2.45. The molecule has 2 heterocycles. The van der Waals surface area contributed by atoms with Crippen molar-refractivity contribution in [1.29, 1.82) is 0 Å². The number of nitrogens with two attached hydrogens (primary N) is 1. The van der Waals surface area contributed by atoms with Crippen LogP contribution in [0.15, 0.2) is 0 Å². The highest BCUT2D eigenvalue weighted by Crippen LogP contribution is 2.22. The Kier molecular flexibility index (Phi) is 4.02. The van der Waals surface area contributed by atoms with Gasteiger partial charge in [0.25, 0.3) is 0 Å². The average Bonchev–Trinajstić information content (AvgIpc) is 2.87. The summed E-state index contributed by atoms with van der Waals surface area (Å²) in [5, 5.41) is 0. The molecule has 0 bridgehead atoms. The van der Waals surface area contributed by atoms with E-state index in [-0.39, 0.29) is 10.7 Å². The molecule has 2 saturated heterocycles. The maximum atomic E-state index is 11.9. The Morgan fingerprint density at radius 1 is 1.29 bits per heavy atom. The Hall–Kier alpha value is -0.240. The molecule has 0 amide bonds. The van der Waals surface area contributed by atoms with Gasteiger partial charge in [-0.05, 0) is 32.4 Å². The summed E-state index contributed by atoms with van der Waals surface area (Å²) in [5.41, 5.74) is 5.32. The van der Waals surface area contributed by atoms with Gasteiger partial charge in [-0.15, -0.1) is 0 Å². The predicted octanol–water partition coefficient (Wildman–Crippen LogP) is -0.228. The minimum atomic E-state index is -3.28. The smallest absolute Gasteiger partial charge is 0.220 e. The van der Waals surface area contributed by atoms with Crippen LogP contribution in [-0.4, -0.2) is 60.6 Å². The molecule has 2 aliphatic heterocycles. The highest BCUT2D eigenvalue weighted by Gasteiger charge is 2.35. The number of thiocarbonyl (C=S) groups is 1. The highest BCUT2D eigenvalue weighted by atomic mass is 32.2. The average molecular weight is 277 g/mol. The molecule has 7 heteroatoms. The van der Waals surface area contributed by atoms with Crippen LogP contribution in [0.1, 0.15) is 19.3 Å². The van der Waals surface area contributed by atoms with E-state index in [2.05, 4.69) is 17.1 Å². The number of sulfonamides is 1. The highest BCUT2D eigenvalue weighted by molar-refractivity contribution is 7.92. The largest absolute Gasteiger partial charge is 0.392 e. The topological polar surface area (TPSA) is 66.6 Å². The van der Waals surface area contributed by atoms with Crippen LogP contribution in [0.4, 0.5) is 0 Å². The van der Waals surface area contributed by atoms with Crippen LogP contribution in [0.25, 0.3) is 0 Å². The van der Waals surface area contributed by atoms with Crippen LogP contribution in [-0.2, 0) is 10.0 Å². The molecule has 2 aliphatic rings. The molecule has 0 spiro atoms. The molecule has 0 aliphatic carbocycles. The summed E-state index contributed by atoms with van der Waals surface area (Å²) in [5.74, 6) is -0.199. The van der Waals surface area contributed by atoms with E-state index in [4.69, 9.17) is 5.73 Å². The normalized spacial score (nSPS) is 27.6. The summed E-state index contributed by atoms with van der Waals surface area (Å²) in [6, 6.07) is 0.388. The Morgan fingerprint density at radius 2 is 1.94 bits per heavy atom. The van der Waals surface area contributed by atoms with E-state index < -0.39 is 10.0 Å². The Labute approximate surface area is 108 Å². The molecule has 0 saturated carbocycles. The fourth-order valence-electron chi connectivity index (χ4n) is 2.64. The zero-order valence-corrected chi connectivity index (χ0v) is 11.5. The molecule has 2 fully saturated rings. The van der Waals surface area contributed by atoms with E-state index >= 15 is 0 Å². The lowest BCUT2D eigenvalue weighted by atomic mass is 10.2. The van der Waals surface area contributed by atoms with Gasteiger partial charge in [0.05, 0.1) is 4.99 Å². The second kappa shape index (κ2) is 5.17. The summed E-state index contributed by atoms with van der Waals surface area (Å²) >= 11 is 4.68. The van der Waals surface area contributed by atoms with E-state index in [1.54, 1.807) is 0 Å². The minimum absolute atomic E-state index is 0.0506. The van der Waals surface area contributed by atoms with Gasteiger partial charge in [-0.2, -0.15) is 4.31 Å². The Morgan fingerprint density at radius 3 is 2.53 bits per heavy atom. The molecule has 0 aromatic carbocycles. The van der Waals surface area contributed by atoms with Crippen molar-refractivity contribution in [3.63, 3.8) is 0 Å². The van der Waals surface area contributed by atoms with Crippen LogP contribution in [0.5, 0.6) is 0 Å². The zero-order valence-electron chi connectivity index (χ0n) is 9.84. The van der Waals surface area contributed by atoms with Gasteiger partial charge in [-0.1, -0.05) is 12.2 Å². The van der Waals surface area contributed by atoms with Gasteiger partial charge in [0.15, 0.2) is 0 Å². The van der Waals surface area contributed by atoms with Gasteiger partial charge < -0.3 is 5.73 Å². The first kappa shape index (κ1) is 13.2. The molecule has 1 unspecified atom stereocenters. The van der Waals surface area contributed by atoms with Crippen molar-refractivity contribution in [2.24, 2.45) is 5.73 Å². The van der Waals surface area contributed by atoms with E-state index in [0.717, 1.165) is 19.5 Å². The van der Waals surface area contributed by atoms with Crippen molar-refractivity contribution in [2.75, 3.05) is 31.9 Å². The van der Waals surface area contributed by atoms with Gasteiger partial charge in [-0.3, -0.25) is 4.90 Å². The summed E-state index contributed by atoms with van der Waals surface area (Å²) in [6.07, 6.45) is 3.39.